The SMILES string of the molecule is O=C(Cc1coc(-c2ccccc2)n1)NNC(=O)c1n[nH]c(=O)c2ccccc12. The van der Waals surface area contributed by atoms with Crippen molar-refractivity contribution >= 4 is 22.6 Å². The molecule has 2 aromatic heterocycles. The third kappa shape index (κ3) is 3.88. The second-order valence-electron chi connectivity index (χ2n) is 6.14. The smallest absolute Gasteiger partial charge is 0.290 e. The van der Waals surface area contributed by atoms with Gasteiger partial charge >= 0.3 is 0 Å². The predicted octanol–water partition coefficient (Wildman–Crippen LogP) is 1.58. The van der Waals surface area contributed by atoms with Crippen LogP contribution in [0, 0.1) is 0 Å². The number of rotatable bonds is 4. The number of amides is 2. The molecule has 0 unspecified atom stereocenters. The summed E-state index contributed by atoms with van der Waals surface area (Å²) in [5.74, 6) is -0.739. The van der Waals surface area contributed by atoms with Crippen molar-refractivity contribution in [3.63, 3.8) is 0 Å². The molecule has 144 valence electrons. The second-order valence-corrected chi connectivity index (χ2v) is 6.14. The van der Waals surface area contributed by atoms with E-state index in [-0.39, 0.29) is 12.1 Å². The molecule has 0 saturated carbocycles. The fraction of sp³-hybridized carbons (Fsp3) is 0.0500. The number of carbonyl (C=O) groups is 2. The lowest BCUT2D eigenvalue weighted by molar-refractivity contribution is -0.121. The van der Waals surface area contributed by atoms with Gasteiger partial charge in [0.1, 0.15) is 6.26 Å². The van der Waals surface area contributed by atoms with Gasteiger partial charge in [-0.2, -0.15) is 5.10 Å². The summed E-state index contributed by atoms with van der Waals surface area (Å²) in [7, 11) is 0. The van der Waals surface area contributed by atoms with Crippen LogP contribution in [0.5, 0.6) is 0 Å². The van der Waals surface area contributed by atoms with Crippen molar-refractivity contribution in [2.75, 3.05) is 0 Å². The molecule has 2 heterocycles. The highest BCUT2D eigenvalue weighted by molar-refractivity contribution is 6.05. The Morgan fingerprint density at radius 2 is 1.69 bits per heavy atom. The van der Waals surface area contributed by atoms with Crippen molar-refractivity contribution in [3.8, 4) is 11.5 Å². The van der Waals surface area contributed by atoms with Crippen LogP contribution in [0.15, 0.2) is 70.1 Å². The first-order chi connectivity index (χ1) is 14.1. The zero-order chi connectivity index (χ0) is 20.2. The Hall–Kier alpha value is -4.27. The van der Waals surface area contributed by atoms with Gasteiger partial charge in [0.25, 0.3) is 11.5 Å². The van der Waals surface area contributed by atoms with Gasteiger partial charge < -0.3 is 4.42 Å². The second kappa shape index (κ2) is 7.77. The zero-order valence-corrected chi connectivity index (χ0v) is 15.0. The summed E-state index contributed by atoms with van der Waals surface area (Å²) in [5, 5.41) is 6.76. The lowest BCUT2D eigenvalue weighted by Crippen LogP contribution is -2.43. The Kier molecular flexibility index (Phi) is 4.85. The van der Waals surface area contributed by atoms with Gasteiger partial charge in [-0.05, 0) is 18.2 Å². The van der Waals surface area contributed by atoms with Crippen molar-refractivity contribution in [1.82, 2.24) is 26.0 Å². The maximum atomic E-state index is 12.4. The van der Waals surface area contributed by atoms with Crippen molar-refractivity contribution in [1.29, 1.82) is 0 Å². The number of hydrogen-bond donors (Lipinski definition) is 3. The summed E-state index contributed by atoms with van der Waals surface area (Å²) < 4.78 is 5.38. The first-order valence-electron chi connectivity index (χ1n) is 8.68. The van der Waals surface area contributed by atoms with E-state index in [0.717, 1.165) is 5.56 Å². The number of aromatic amines is 1. The van der Waals surface area contributed by atoms with Crippen molar-refractivity contribution in [2.24, 2.45) is 0 Å². The van der Waals surface area contributed by atoms with Crippen LogP contribution in [0.2, 0.25) is 0 Å². The number of fused-ring (bicyclic) bond motifs is 1. The number of benzene rings is 2. The van der Waals surface area contributed by atoms with E-state index in [1.54, 1.807) is 24.3 Å². The number of H-pyrrole nitrogens is 1. The van der Waals surface area contributed by atoms with Crippen LogP contribution in [0.4, 0.5) is 0 Å². The maximum absolute atomic E-state index is 12.4. The molecule has 4 rings (SSSR count). The third-order valence-corrected chi connectivity index (χ3v) is 4.14. The summed E-state index contributed by atoms with van der Waals surface area (Å²) in [6.45, 7) is 0. The lowest BCUT2D eigenvalue weighted by Gasteiger charge is -2.07. The largest absolute Gasteiger partial charge is 0.444 e. The van der Waals surface area contributed by atoms with E-state index in [1.807, 2.05) is 30.3 Å². The van der Waals surface area contributed by atoms with E-state index >= 15 is 0 Å². The fourth-order valence-electron chi connectivity index (χ4n) is 2.78. The molecule has 0 saturated heterocycles. The number of hydrogen-bond acceptors (Lipinski definition) is 6. The molecule has 0 atom stereocenters. The quantitative estimate of drug-likeness (QED) is 0.454. The maximum Gasteiger partial charge on any atom is 0.290 e. The molecule has 29 heavy (non-hydrogen) atoms. The minimum atomic E-state index is -0.657. The molecular formula is C20H15N5O4. The summed E-state index contributed by atoms with van der Waals surface area (Å²) in [4.78, 5) is 40.6. The minimum absolute atomic E-state index is 0.00620. The van der Waals surface area contributed by atoms with E-state index in [1.165, 1.54) is 6.26 Å². The number of aromatic nitrogens is 3. The number of carbonyl (C=O) groups excluding carboxylic acids is 2. The molecule has 4 aromatic rings. The van der Waals surface area contributed by atoms with Gasteiger partial charge in [-0.1, -0.05) is 36.4 Å². The van der Waals surface area contributed by atoms with E-state index in [4.69, 9.17) is 4.42 Å². The van der Waals surface area contributed by atoms with Gasteiger partial charge in [0, 0.05) is 10.9 Å². The van der Waals surface area contributed by atoms with Gasteiger partial charge in [-0.3, -0.25) is 25.2 Å². The monoisotopic (exact) mass is 389 g/mol. The molecule has 0 fully saturated rings. The fourth-order valence-corrected chi connectivity index (χ4v) is 2.78. The number of nitrogens with one attached hydrogen (secondary N) is 3. The molecule has 0 bridgehead atoms. The molecule has 2 aromatic carbocycles. The van der Waals surface area contributed by atoms with Crippen molar-refractivity contribution < 1.29 is 14.0 Å². The molecule has 9 nitrogen and oxygen atoms in total. The first kappa shape index (κ1) is 18.1. The van der Waals surface area contributed by atoms with Gasteiger partial charge in [0.05, 0.1) is 17.5 Å². The van der Waals surface area contributed by atoms with E-state index < -0.39 is 17.4 Å². The Labute approximate surface area is 163 Å². The average molecular weight is 389 g/mol. The average Bonchev–Trinajstić information content (AvgIpc) is 3.21. The molecule has 3 N–H and O–H groups in total. The third-order valence-electron chi connectivity index (χ3n) is 4.14. The summed E-state index contributed by atoms with van der Waals surface area (Å²) >= 11 is 0. The van der Waals surface area contributed by atoms with Gasteiger partial charge in [-0.15, -0.1) is 0 Å². The molecule has 0 radical (unpaired) electrons. The number of nitrogens with zero attached hydrogens (tertiary/aromatic N) is 2. The van der Waals surface area contributed by atoms with Crippen LogP contribution in [-0.4, -0.2) is 27.0 Å². The normalized spacial score (nSPS) is 10.6. The van der Waals surface area contributed by atoms with Gasteiger partial charge in [-0.25, -0.2) is 10.1 Å². The Balaban J connectivity index is 1.40. The standard InChI is InChI=1S/C20H15N5O4/c26-16(10-13-11-29-20(21-13)12-6-2-1-3-7-12)22-25-19(28)17-14-8-4-5-9-15(14)18(27)24-23-17/h1-9,11H,10H2,(H,22,26)(H,24,27)(H,25,28). The summed E-state index contributed by atoms with van der Waals surface area (Å²) in [5.41, 5.74) is 5.40. The summed E-state index contributed by atoms with van der Waals surface area (Å²) in [6.07, 6.45) is 1.30. The molecule has 0 aliphatic carbocycles. The predicted molar refractivity (Wildman–Crippen MR) is 104 cm³/mol. The lowest BCUT2D eigenvalue weighted by atomic mass is 10.1. The minimum Gasteiger partial charge on any atom is -0.444 e. The number of oxazole rings is 1. The van der Waals surface area contributed by atoms with Crippen molar-refractivity contribution in [3.05, 3.63) is 82.6 Å². The van der Waals surface area contributed by atoms with Crippen LogP contribution in [0.1, 0.15) is 16.2 Å². The zero-order valence-electron chi connectivity index (χ0n) is 15.0. The Morgan fingerprint density at radius 3 is 2.48 bits per heavy atom. The van der Waals surface area contributed by atoms with Crippen molar-refractivity contribution in [2.45, 2.75) is 6.42 Å². The van der Waals surface area contributed by atoms with Crippen LogP contribution in [0.3, 0.4) is 0 Å². The van der Waals surface area contributed by atoms with Crippen LogP contribution < -0.4 is 16.4 Å². The topological polar surface area (TPSA) is 130 Å². The molecule has 0 aliphatic heterocycles. The molecular weight excluding hydrogens is 374 g/mol. The van der Waals surface area contributed by atoms with Crippen LogP contribution >= 0.6 is 0 Å². The van der Waals surface area contributed by atoms with E-state index in [9.17, 15) is 14.4 Å². The van der Waals surface area contributed by atoms with E-state index in [2.05, 4.69) is 26.0 Å². The number of hydrazine groups is 1. The molecule has 0 spiro atoms. The van der Waals surface area contributed by atoms with E-state index in [0.29, 0.717) is 22.4 Å². The summed E-state index contributed by atoms with van der Waals surface area (Å²) in [6, 6.07) is 15.8. The Bertz CT molecular complexity index is 1250. The van der Waals surface area contributed by atoms with Gasteiger partial charge in [0.2, 0.25) is 11.8 Å². The van der Waals surface area contributed by atoms with Gasteiger partial charge in [0.15, 0.2) is 5.69 Å². The highest BCUT2D eigenvalue weighted by Gasteiger charge is 2.15. The van der Waals surface area contributed by atoms with Crippen LogP contribution in [-0.2, 0) is 11.2 Å². The Morgan fingerprint density at radius 1 is 0.966 bits per heavy atom. The molecule has 9 heteroatoms. The molecule has 2 amide bonds. The first-order valence-corrected chi connectivity index (χ1v) is 8.68. The van der Waals surface area contributed by atoms with Crippen LogP contribution in [0.25, 0.3) is 22.2 Å². The highest BCUT2D eigenvalue weighted by atomic mass is 16.3. The highest BCUT2D eigenvalue weighted by Crippen LogP contribution is 2.18. The molecule has 0 aliphatic rings.